The lowest BCUT2D eigenvalue weighted by Crippen LogP contribution is -1.99. The zero-order chi connectivity index (χ0) is 18.4. The molecule has 0 radical (unpaired) electrons. The average Bonchev–Trinajstić information content (AvgIpc) is 3.27. The summed E-state index contributed by atoms with van der Waals surface area (Å²) in [6.45, 7) is 7.19. The van der Waals surface area contributed by atoms with Crippen LogP contribution in [0.2, 0.25) is 0 Å². The quantitative estimate of drug-likeness (QED) is 0.414. The smallest absolute Gasteiger partial charge is 0.204 e. The van der Waals surface area contributed by atoms with Crippen molar-refractivity contribution in [3.63, 3.8) is 0 Å². The summed E-state index contributed by atoms with van der Waals surface area (Å²) in [5.41, 5.74) is 4.92. The second-order valence-electron chi connectivity index (χ2n) is 5.34. The first-order chi connectivity index (χ1) is 12.7. The number of benzene rings is 1. The zero-order valence-corrected chi connectivity index (χ0v) is 16.6. The van der Waals surface area contributed by atoms with Crippen molar-refractivity contribution in [1.82, 2.24) is 4.98 Å². The third-order valence-corrected chi connectivity index (χ3v) is 5.26. The minimum atomic E-state index is 0.583. The van der Waals surface area contributed by atoms with Crippen LogP contribution in [-0.4, -0.2) is 24.4 Å². The Balaban J connectivity index is 1.73. The molecule has 2 heterocycles. The van der Waals surface area contributed by atoms with E-state index in [2.05, 4.69) is 33.9 Å². The number of thiazole rings is 1. The van der Waals surface area contributed by atoms with Crippen molar-refractivity contribution in [3.8, 4) is 22.1 Å². The first kappa shape index (κ1) is 18.4. The van der Waals surface area contributed by atoms with Gasteiger partial charge in [-0.15, -0.1) is 22.7 Å². The summed E-state index contributed by atoms with van der Waals surface area (Å²) in [4.78, 5) is 6.97. The van der Waals surface area contributed by atoms with Gasteiger partial charge in [-0.1, -0.05) is 6.07 Å². The molecule has 1 N–H and O–H groups in total. The Kier molecular flexibility index (Phi) is 6.25. The fourth-order valence-electron chi connectivity index (χ4n) is 2.40. The van der Waals surface area contributed by atoms with E-state index in [-0.39, 0.29) is 0 Å². The molecule has 3 aromatic rings. The number of rotatable bonds is 8. The monoisotopic (exact) mass is 387 g/mol. The van der Waals surface area contributed by atoms with E-state index in [4.69, 9.17) is 9.47 Å². The number of hydrogen-bond acceptors (Lipinski definition) is 7. The molecule has 136 valence electrons. The minimum Gasteiger partial charge on any atom is -0.494 e. The van der Waals surface area contributed by atoms with Crippen LogP contribution in [0.25, 0.3) is 10.6 Å². The van der Waals surface area contributed by atoms with Crippen LogP contribution in [0.3, 0.4) is 0 Å². The molecule has 0 bridgehead atoms. The largest absolute Gasteiger partial charge is 0.494 e. The standard InChI is InChI=1S/C19H21N3O2S2/c1-4-23-15-9-8-14(16(11-15)24-5-2)12-20-22-19-21-18(13(3)26-19)17-7-6-10-25-17/h6-12H,4-5H2,1-3H3,(H,21,22)/b20-12-. The van der Waals surface area contributed by atoms with Gasteiger partial charge in [-0.25, -0.2) is 4.98 Å². The molecule has 3 rings (SSSR count). The molecular formula is C19H21N3O2S2. The van der Waals surface area contributed by atoms with Gasteiger partial charge in [0.2, 0.25) is 5.13 Å². The number of ether oxygens (including phenoxy) is 2. The summed E-state index contributed by atoms with van der Waals surface area (Å²) in [6, 6.07) is 9.84. The molecular weight excluding hydrogens is 366 g/mol. The number of thiophene rings is 1. The summed E-state index contributed by atoms with van der Waals surface area (Å²) in [5, 5.41) is 7.15. The molecule has 0 aliphatic rings. The maximum Gasteiger partial charge on any atom is 0.204 e. The molecule has 0 saturated heterocycles. The molecule has 0 amide bonds. The van der Waals surface area contributed by atoms with Gasteiger partial charge in [0.25, 0.3) is 0 Å². The maximum atomic E-state index is 5.69. The normalized spacial score (nSPS) is 11.0. The Morgan fingerprint density at radius 3 is 2.77 bits per heavy atom. The van der Waals surface area contributed by atoms with Gasteiger partial charge in [-0.3, -0.25) is 5.43 Å². The molecule has 0 aliphatic heterocycles. The molecule has 0 atom stereocenters. The van der Waals surface area contributed by atoms with Crippen LogP contribution in [-0.2, 0) is 0 Å². The fraction of sp³-hybridized carbons (Fsp3) is 0.263. The van der Waals surface area contributed by atoms with Crippen molar-refractivity contribution in [2.24, 2.45) is 5.10 Å². The summed E-state index contributed by atoms with van der Waals surface area (Å²) < 4.78 is 11.2. The van der Waals surface area contributed by atoms with E-state index >= 15 is 0 Å². The van der Waals surface area contributed by atoms with Gasteiger partial charge < -0.3 is 9.47 Å². The number of hydrazone groups is 1. The minimum absolute atomic E-state index is 0.583. The second kappa shape index (κ2) is 8.82. The number of hydrogen-bond donors (Lipinski definition) is 1. The topological polar surface area (TPSA) is 55.7 Å². The van der Waals surface area contributed by atoms with Crippen molar-refractivity contribution in [1.29, 1.82) is 0 Å². The van der Waals surface area contributed by atoms with E-state index in [9.17, 15) is 0 Å². The predicted molar refractivity (Wildman–Crippen MR) is 110 cm³/mol. The van der Waals surface area contributed by atoms with Crippen molar-refractivity contribution < 1.29 is 9.47 Å². The van der Waals surface area contributed by atoms with Crippen LogP contribution >= 0.6 is 22.7 Å². The Hall–Kier alpha value is -2.38. The summed E-state index contributed by atoms with van der Waals surface area (Å²) >= 11 is 3.28. The predicted octanol–water partition coefficient (Wildman–Crippen LogP) is 5.42. The van der Waals surface area contributed by atoms with Gasteiger partial charge in [-0.2, -0.15) is 5.10 Å². The van der Waals surface area contributed by atoms with Gasteiger partial charge in [0, 0.05) is 16.5 Å². The Bertz CT molecular complexity index is 873. The Labute approximate surface area is 161 Å². The highest BCUT2D eigenvalue weighted by atomic mass is 32.1. The van der Waals surface area contributed by atoms with Gasteiger partial charge in [0.1, 0.15) is 11.5 Å². The molecule has 0 fully saturated rings. The van der Waals surface area contributed by atoms with Gasteiger partial charge >= 0.3 is 0 Å². The highest BCUT2D eigenvalue weighted by Crippen LogP contribution is 2.33. The first-order valence-corrected chi connectivity index (χ1v) is 10.1. The SMILES string of the molecule is CCOc1ccc(/C=N\Nc2nc(-c3cccs3)c(C)s2)c(OCC)c1. The van der Waals surface area contributed by atoms with Crippen molar-refractivity contribution in [2.75, 3.05) is 18.6 Å². The van der Waals surface area contributed by atoms with Gasteiger partial charge in [-0.05, 0) is 44.4 Å². The lowest BCUT2D eigenvalue weighted by Gasteiger charge is -2.09. The summed E-state index contributed by atoms with van der Waals surface area (Å²) in [5.74, 6) is 1.54. The van der Waals surface area contributed by atoms with Crippen LogP contribution < -0.4 is 14.9 Å². The third-order valence-electron chi connectivity index (χ3n) is 3.51. The summed E-state index contributed by atoms with van der Waals surface area (Å²) in [7, 11) is 0. The molecule has 0 spiro atoms. The molecule has 0 unspecified atom stereocenters. The highest BCUT2D eigenvalue weighted by molar-refractivity contribution is 7.17. The Morgan fingerprint density at radius 2 is 2.04 bits per heavy atom. The zero-order valence-electron chi connectivity index (χ0n) is 15.0. The molecule has 1 aromatic carbocycles. The van der Waals surface area contributed by atoms with E-state index in [1.165, 1.54) is 9.75 Å². The van der Waals surface area contributed by atoms with Crippen molar-refractivity contribution in [2.45, 2.75) is 20.8 Å². The second-order valence-corrected chi connectivity index (χ2v) is 7.49. The van der Waals surface area contributed by atoms with Crippen LogP contribution in [0.1, 0.15) is 24.3 Å². The van der Waals surface area contributed by atoms with E-state index in [0.29, 0.717) is 13.2 Å². The lowest BCUT2D eigenvalue weighted by molar-refractivity contribution is 0.323. The molecule has 7 heteroatoms. The van der Waals surface area contributed by atoms with Gasteiger partial charge in [0.05, 0.1) is 30.0 Å². The van der Waals surface area contributed by atoms with E-state index < -0.39 is 0 Å². The molecule has 26 heavy (non-hydrogen) atoms. The average molecular weight is 388 g/mol. The number of aromatic nitrogens is 1. The van der Waals surface area contributed by atoms with E-state index in [1.807, 2.05) is 38.1 Å². The first-order valence-electron chi connectivity index (χ1n) is 8.41. The van der Waals surface area contributed by atoms with Crippen LogP contribution in [0.5, 0.6) is 11.5 Å². The molecule has 2 aromatic heterocycles. The number of anilines is 1. The third kappa shape index (κ3) is 4.42. The fourth-order valence-corrected chi connectivity index (χ4v) is 4.01. The number of nitrogens with one attached hydrogen (secondary N) is 1. The Morgan fingerprint density at radius 1 is 1.19 bits per heavy atom. The number of nitrogens with zero attached hydrogens (tertiary/aromatic N) is 2. The summed E-state index contributed by atoms with van der Waals surface area (Å²) in [6.07, 6.45) is 1.74. The van der Waals surface area contributed by atoms with Crippen molar-refractivity contribution in [3.05, 3.63) is 46.2 Å². The van der Waals surface area contributed by atoms with Crippen LogP contribution in [0, 0.1) is 6.92 Å². The molecule has 0 aliphatic carbocycles. The van der Waals surface area contributed by atoms with Crippen molar-refractivity contribution >= 4 is 34.0 Å². The van der Waals surface area contributed by atoms with Gasteiger partial charge in [0.15, 0.2) is 0 Å². The van der Waals surface area contributed by atoms with E-state index in [0.717, 1.165) is 27.9 Å². The molecule has 5 nitrogen and oxygen atoms in total. The number of aryl methyl sites for hydroxylation is 1. The lowest BCUT2D eigenvalue weighted by atomic mass is 10.2. The maximum absolute atomic E-state index is 5.69. The van der Waals surface area contributed by atoms with E-state index in [1.54, 1.807) is 28.9 Å². The van der Waals surface area contributed by atoms with Crippen LogP contribution in [0.15, 0.2) is 40.8 Å². The molecule has 0 saturated carbocycles. The highest BCUT2D eigenvalue weighted by Gasteiger charge is 2.10. The van der Waals surface area contributed by atoms with Crippen LogP contribution in [0.4, 0.5) is 5.13 Å².